The zero-order valence-electron chi connectivity index (χ0n) is 13.4. The second-order valence-corrected chi connectivity index (χ2v) is 5.85. The third-order valence-corrected chi connectivity index (χ3v) is 4.36. The van der Waals surface area contributed by atoms with Gasteiger partial charge in [-0.3, -0.25) is 4.98 Å². The van der Waals surface area contributed by atoms with Gasteiger partial charge in [0.05, 0.1) is 30.2 Å². The quantitative estimate of drug-likeness (QED) is 0.874. The van der Waals surface area contributed by atoms with Crippen LogP contribution in [0.2, 0.25) is 0 Å². The highest BCUT2D eigenvalue weighted by molar-refractivity contribution is 5.74. The van der Waals surface area contributed by atoms with Crippen LogP contribution in [0, 0.1) is 6.92 Å². The number of nitrogens with one attached hydrogen (secondary N) is 1. The number of fused-ring (bicyclic) bond motifs is 2. The Bertz CT molecular complexity index is 729. The molecular weight excluding hydrogens is 292 g/mol. The number of aryl methyl sites for hydroxylation is 1. The smallest absolute Gasteiger partial charge is 0.164 e. The zero-order chi connectivity index (χ0) is 15.8. The number of rotatable bonds is 1. The van der Waals surface area contributed by atoms with Crippen LogP contribution in [-0.2, 0) is 4.74 Å². The van der Waals surface area contributed by atoms with Crippen LogP contribution < -0.4 is 15.0 Å². The molecular formula is C17H20N4O2. The maximum absolute atomic E-state index is 6.22. The van der Waals surface area contributed by atoms with Gasteiger partial charge in [-0.15, -0.1) is 0 Å². The molecule has 0 saturated carbocycles. The number of hydrogen-bond donors (Lipinski definition) is 1. The number of nitrogens with zero attached hydrogens (tertiary/aromatic N) is 3. The molecule has 2 aliphatic rings. The highest BCUT2D eigenvalue weighted by atomic mass is 16.5. The molecule has 4 rings (SSSR count). The second-order valence-electron chi connectivity index (χ2n) is 5.85. The summed E-state index contributed by atoms with van der Waals surface area (Å²) >= 11 is 0. The van der Waals surface area contributed by atoms with Crippen LogP contribution in [0.3, 0.4) is 0 Å². The second kappa shape index (κ2) is 5.70. The Labute approximate surface area is 135 Å². The van der Waals surface area contributed by atoms with Crippen LogP contribution in [0.5, 0.6) is 5.75 Å². The van der Waals surface area contributed by atoms with E-state index < -0.39 is 0 Å². The standard InChI is InChI=1S/C17H20N4O2/c1-11-16-13(3-5-18-11)20-17-15(12(2)23-16)14(4-6-19-17)21-7-9-22-10-8-21/h3-6,12H,7-10H2,1-2H3,(H,19,20)/t12-/m1/s1. The molecule has 0 amide bonds. The van der Waals surface area contributed by atoms with Crippen LogP contribution in [0.25, 0.3) is 0 Å². The lowest BCUT2D eigenvalue weighted by molar-refractivity contribution is 0.122. The SMILES string of the molecule is Cc1nccc2c1O[C@H](C)c1c(N3CCOCC3)ccnc1N2. The van der Waals surface area contributed by atoms with E-state index in [9.17, 15) is 0 Å². The molecule has 2 aromatic rings. The molecule has 120 valence electrons. The van der Waals surface area contributed by atoms with Crippen molar-refractivity contribution in [2.75, 3.05) is 36.5 Å². The van der Waals surface area contributed by atoms with Gasteiger partial charge in [-0.2, -0.15) is 0 Å². The van der Waals surface area contributed by atoms with Crippen LogP contribution in [0.4, 0.5) is 17.2 Å². The van der Waals surface area contributed by atoms with Crippen molar-refractivity contribution >= 4 is 17.2 Å². The summed E-state index contributed by atoms with van der Waals surface area (Å²) in [6.45, 7) is 7.30. The maximum atomic E-state index is 6.22. The Kier molecular flexibility index (Phi) is 3.53. The average Bonchev–Trinajstić information content (AvgIpc) is 2.73. The minimum atomic E-state index is -0.104. The highest BCUT2D eigenvalue weighted by Gasteiger charge is 2.27. The molecule has 0 spiro atoms. The van der Waals surface area contributed by atoms with Crippen molar-refractivity contribution in [3.63, 3.8) is 0 Å². The molecule has 4 heterocycles. The van der Waals surface area contributed by atoms with Crippen LogP contribution in [0.15, 0.2) is 24.5 Å². The summed E-state index contributed by atoms with van der Waals surface area (Å²) in [5.74, 6) is 1.65. The first-order valence-electron chi connectivity index (χ1n) is 7.95. The summed E-state index contributed by atoms with van der Waals surface area (Å²) in [7, 11) is 0. The van der Waals surface area contributed by atoms with Crippen LogP contribution in [-0.4, -0.2) is 36.3 Å². The van der Waals surface area contributed by atoms with E-state index in [1.165, 1.54) is 0 Å². The molecule has 2 aliphatic heterocycles. The van der Waals surface area contributed by atoms with Gasteiger partial charge in [0.25, 0.3) is 0 Å². The molecule has 1 fully saturated rings. The molecule has 6 nitrogen and oxygen atoms in total. The molecule has 23 heavy (non-hydrogen) atoms. The Morgan fingerprint density at radius 1 is 1.17 bits per heavy atom. The van der Waals surface area contributed by atoms with Crippen molar-refractivity contribution in [3.8, 4) is 5.75 Å². The Hall–Kier alpha value is -2.34. The molecule has 1 atom stereocenters. The predicted octanol–water partition coefficient (Wildman–Crippen LogP) is 2.82. The number of hydrogen-bond acceptors (Lipinski definition) is 6. The molecule has 1 saturated heterocycles. The topological polar surface area (TPSA) is 59.5 Å². The number of morpholine rings is 1. The first kappa shape index (κ1) is 14.3. The van der Waals surface area contributed by atoms with Crippen molar-refractivity contribution in [3.05, 3.63) is 35.8 Å². The minimum absolute atomic E-state index is 0.104. The largest absolute Gasteiger partial charge is 0.482 e. The monoisotopic (exact) mass is 312 g/mol. The summed E-state index contributed by atoms with van der Waals surface area (Å²) < 4.78 is 11.7. The number of aromatic nitrogens is 2. The highest BCUT2D eigenvalue weighted by Crippen LogP contribution is 2.42. The first-order valence-corrected chi connectivity index (χ1v) is 7.95. The zero-order valence-corrected chi connectivity index (χ0v) is 13.4. The van der Waals surface area contributed by atoms with Crippen molar-refractivity contribution in [2.24, 2.45) is 0 Å². The lowest BCUT2D eigenvalue weighted by Crippen LogP contribution is -2.37. The fraction of sp³-hybridized carbons (Fsp3) is 0.412. The lowest BCUT2D eigenvalue weighted by atomic mass is 10.1. The summed E-state index contributed by atoms with van der Waals surface area (Å²) in [4.78, 5) is 11.2. The fourth-order valence-corrected chi connectivity index (χ4v) is 3.21. The van der Waals surface area contributed by atoms with E-state index in [-0.39, 0.29) is 6.10 Å². The van der Waals surface area contributed by atoms with E-state index in [4.69, 9.17) is 9.47 Å². The predicted molar refractivity (Wildman–Crippen MR) is 88.6 cm³/mol. The van der Waals surface area contributed by atoms with Gasteiger partial charge in [-0.1, -0.05) is 0 Å². The van der Waals surface area contributed by atoms with Crippen LogP contribution in [0.1, 0.15) is 24.3 Å². The van der Waals surface area contributed by atoms with Gasteiger partial charge < -0.3 is 19.7 Å². The minimum Gasteiger partial charge on any atom is -0.482 e. The molecule has 0 aliphatic carbocycles. The van der Waals surface area contributed by atoms with Gasteiger partial charge in [0, 0.05) is 31.2 Å². The number of anilines is 3. The van der Waals surface area contributed by atoms with Gasteiger partial charge in [0.15, 0.2) is 5.75 Å². The van der Waals surface area contributed by atoms with Gasteiger partial charge >= 0.3 is 0 Å². The van der Waals surface area contributed by atoms with E-state index in [0.29, 0.717) is 0 Å². The Balaban J connectivity index is 1.79. The molecule has 1 N–H and O–H groups in total. The van der Waals surface area contributed by atoms with Gasteiger partial charge in [0.1, 0.15) is 11.9 Å². The third-order valence-electron chi connectivity index (χ3n) is 4.36. The van der Waals surface area contributed by atoms with Gasteiger partial charge in [-0.05, 0) is 26.0 Å². The van der Waals surface area contributed by atoms with E-state index in [1.54, 1.807) is 6.20 Å². The van der Waals surface area contributed by atoms with Crippen molar-refractivity contribution in [2.45, 2.75) is 20.0 Å². The molecule has 0 radical (unpaired) electrons. The van der Waals surface area contributed by atoms with Crippen molar-refractivity contribution in [1.82, 2.24) is 9.97 Å². The van der Waals surface area contributed by atoms with Gasteiger partial charge in [-0.25, -0.2) is 4.98 Å². The summed E-state index contributed by atoms with van der Waals surface area (Å²) in [5, 5.41) is 3.42. The molecule has 0 unspecified atom stereocenters. The van der Waals surface area contributed by atoms with Crippen LogP contribution >= 0.6 is 0 Å². The number of ether oxygens (including phenoxy) is 2. The van der Waals surface area contributed by atoms with E-state index in [2.05, 4.69) is 33.2 Å². The van der Waals surface area contributed by atoms with Crippen molar-refractivity contribution in [1.29, 1.82) is 0 Å². The summed E-state index contributed by atoms with van der Waals surface area (Å²) in [6, 6.07) is 3.99. The van der Waals surface area contributed by atoms with E-state index in [0.717, 1.165) is 60.5 Å². The molecule has 0 bridgehead atoms. The average molecular weight is 312 g/mol. The van der Waals surface area contributed by atoms with E-state index >= 15 is 0 Å². The fourth-order valence-electron chi connectivity index (χ4n) is 3.21. The lowest BCUT2D eigenvalue weighted by Gasteiger charge is -2.31. The summed E-state index contributed by atoms with van der Waals surface area (Å²) in [5.41, 5.74) is 4.04. The summed E-state index contributed by atoms with van der Waals surface area (Å²) in [6.07, 6.45) is 3.53. The van der Waals surface area contributed by atoms with E-state index in [1.807, 2.05) is 19.2 Å². The molecule has 6 heteroatoms. The van der Waals surface area contributed by atoms with Gasteiger partial charge in [0.2, 0.25) is 0 Å². The third kappa shape index (κ3) is 2.49. The number of pyridine rings is 2. The molecule has 2 aromatic heterocycles. The molecule has 0 aromatic carbocycles. The Morgan fingerprint density at radius 2 is 1.96 bits per heavy atom. The van der Waals surface area contributed by atoms with Crippen molar-refractivity contribution < 1.29 is 9.47 Å². The first-order chi connectivity index (χ1) is 11.2. The maximum Gasteiger partial charge on any atom is 0.164 e. The normalized spacial score (nSPS) is 19.9. The Morgan fingerprint density at radius 3 is 2.78 bits per heavy atom.